The highest BCUT2D eigenvalue weighted by molar-refractivity contribution is 5.38. The third kappa shape index (κ3) is 0.439. The van der Waals surface area contributed by atoms with Crippen molar-refractivity contribution in [1.82, 2.24) is 0 Å². The third-order valence-electron chi connectivity index (χ3n) is 6.25. The SMILES string of the molecule is COC12C3CC3C(O)(C3CC31)C1CC12. The normalized spacial score (nSPS) is 80.1. The molecule has 6 unspecified atom stereocenters. The van der Waals surface area contributed by atoms with Crippen molar-refractivity contribution >= 4 is 0 Å². The summed E-state index contributed by atoms with van der Waals surface area (Å²) in [7, 11) is 1.91. The third-order valence-corrected chi connectivity index (χ3v) is 6.25. The van der Waals surface area contributed by atoms with Crippen molar-refractivity contribution in [2.24, 2.45) is 35.5 Å². The average molecular weight is 192 g/mol. The molecule has 0 radical (unpaired) electrons. The van der Waals surface area contributed by atoms with Crippen molar-refractivity contribution in [3.05, 3.63) is 0 Å². The average Bonchev–Trinajstić information content (AvgIpc) is 2.97. The molecular weight excluding hydrogens is 176 g/mol. The summed E-state index contributed by atoms with van der Waals surface area (Å²) >= 11 is 0. The molecule has 0 saturated heterocycles. The van der Waals surface area contributed by atoms with Gasteiger partial charge in [-0.1, -0.05) is 0 Å². The van der Waals surface area contributed by atoms with Crippen molar-refractivity contribution in [1.29, 1.82) is 0 Å². The Morgan fingerprint density at radius 1 is 0.929 bits per heavy atom. The summed E-state index contributed by atoms with van der Waals surface area (Å²) in [6, 6.07) is 0. The van der Waals surface area contributed by atoms with Crippen LogP contribution in [0, 0.1) is 35.5 Å². The van der Waals surface area contributed by atoms with E-state index in [0.29, 0.717) is 17.8 Å². The number of rotatable bonds is 1. The van der Waals surface area contributed by atoms with Gasteiger partial charge in [0.25, 0.3) is 0 Å². The van der Waals surface area contributed by atoms with Crippen LogP contribution < -0.4 is 0 Å². The van der Waals surface area contributed by atoms with Gasteiger partial charge in [-0.05, 0) is 54.8 Å². The maximum absolute atomic E-state index is 10.8. The van der Waals surface area contributed by atoms with E-state index in [1.54, 1.807) is 0 Å². The van der Waals surface area contributed by atoms with Gasteiger partial charge in [0.05, 0.1) is 11.2 Å². The lowest BCUT2D eigenvalue weighted by Gasteiger charge is -2.48. The van der Waals surface area contributed by atoms with E-state index in [1.165, 1.54) is 19.3 Å². The molecule has 2 bridgehead atoms. The second kappa shape index (κ2) is 1.60. The first-order chi connectivity index (χ1) is 6.74. The fourth-order valence-corrected chi connectivity index (χ4v) is 5.72. The second-order valence-corrected chi connectivity index (χ2v) is 6.29. The Morgan fingerprint density at radius 2 is 1.36 bits per heavy atom. The van der Waals surface area contributed by atoms with E-state index in [0.717, 1.165) is 17.8 Å². The summed E-state index contributed by atoms with van der Waals surface area (Å²) in [5, 5.41) is 10.8. The second-order valence-electron chi connectivity index (χ2n) is 6.29. The molecule has 6 aliphatic rings. The minimum atomic E-state index is -0.222. The maximum Gasteiger partial charge on any atom is 0.0774 e. The van der Waals surface area contributed by atoms with Crippen LogP contribution in [0.3, 0.4) is 0 Å². The van der Waals surface area contributed by atoms with E-state index in [4.69, 9.17) is 4.74 Å². The molecule has 6 atom stereocenters. The zero-order valence-corrected chi connectivity index (χ0v) is 8.44. The van der Waals surface area contributed by atoms with Crippen LogP contribution in [0.25, 0.3) is 0 Å². The topological polar surface area (TPSA) is 29.5 Å². The highest BCUT2D eigenvalue weighted by Crippen LogP contribution is 2.86. The molecule has 14 heavy (non-hydrogen) atoms. The fraction of sp³-hybridized carbons (Fsp3) is 1.00. The monoisotopic (exact) mass is 192 g/mol. The number of hydrogen-bond acceptors (Lipinski definition) is 2. The first-order valence-corrected chi connectivity index (χ1v) is 6.02. The summed E-state index contributed by atoms with van der Waals surface area (Å²) in [5.74, 6) is 4.04. The molecule has 2 nitrogen and oxygen atoms in total. The molecule has 6 saturated carbocycles. The molecule has 0 aromatic rings. The predicted molar refractivity (Wildman–Crippen MR) is 49.5 cm³/mol. The van der Waals surface area contributed by atoms with Crippen molar-refractivity contribution in [3.63, 3.8) is 0 Å². The number of ether oxygens (including phenoxy) is 1. The minimum Gasteiger partial charge on any atom is -0.389 e. The molecule has 2 heteroatoms. The molecule has 0 spiro atoms. The van der Waals surface area contributed by atoms with Crippen LogP contribution in [0.1, 0.15) is 19.3 Å². The van der Waals surface area contributed by atoms with Crippen LogP contribution in [-0.4, -0.2) is 23.4 Å². The smallest absolute Gasteiger partial charge is 0.0774 e. The molecule has 76 valence electrons. The maximum atomic E-state index is 10.8. The largest absolute Gasteiger partial charge is 0.389 e. The van der Waals surface area contributed by atoms with Gasteiger partial charge in [0, 0.05) is 7.11 Å². The zero-order valence-electron chi connectivity index (χ0n) is 8.44. The lowest BCUT2D eigenvalue weighted by atomic mass is 9.65. The number of hydrogen-bond donors (Lipinski definition) is 1. The molecule has 6 rings (SSSR count). The number of aliphatic hydroxyl groups is 1. The predicted octanol–water partition coefficient (Wildman–Crippen LogP) is 1.04. The summed E-state index contributed by atoms with van der Waals surface area (Å²) < 4.78 is 5.96. The highest BCUT2D eigenvalue weighted by Gasteiger charge is 2.89. The van der Waals surface area contributed by atoms with Crippen molar-refractivity contribution < 1.29 is 9.84 Å². The van der Waals surface area contributed by atoms with Gasteiger partial charge in [-0.2, -0.15) is 0 Å². The first-order valence-electron chi connectivity index (χ1n) is 6.02. The number of methoxy groups -OCH3 is 1. The van der Waals surface area contributed by atoms with E-state index in [2.05, 4.69) is 0 Å². The molecule has 6 fully saturated rings. The van der Waals surface area contributed by atoms with E-state index in [1.807, 2.05) is 7.11 Å². The zero-order chi connectivity index (χ0) is 9.29. The van der Waals surface area contributed by atoms with Gasteiger partial charge in [0.2, 0.25) is 0 Å². The van der Waals surface area contributed by atoms with Crippen LogP contribution in [0.5, 0.6) is 0 Å². The quantitative estimate of drug-likeness (QED) is 0.672. The summed E-state index contributed by atoms with van der Waals surface area (Å²) in [6.45, 7) is 0. The molecule has 0 aromatic carbocycles. The van der Waals surface area contributed by atoms with Gasteiger partial charge in [0.15, 0.2) is 0 Å². The van der Waals surface area contributed by atoms with Crippen LogP contribution in [0.2, 0.25) is 0 Å². The van der Waals surface area contributed by atoms with Crippen LogP contribution in [-0.2, 0) is 4.74 Å². The lowest BCUT2D eigenvalue weighted by molar-refractivity contribution is -0.176. The van der Waals surface area contributed by atoms with Crippen molar-refractivity contribution in [2.45, 2.75) is 30.5 Å². The van der Waals surface area contributed by atoms with Gasteiger partial charge in [0.1, 0.15) is 0 Å². The Morgan fingerprint density at radius 3 is 1.71 bits per heavy atom. The Balaban J connectivity index is 1.77. The first kappa shape index (κ1) is 7.24. The minimum absolute atomic E-state index is 0.222. The van der Waals surface area contributed by atoms with Gasteiger partial charge >= 0.3 is 0 Å². The Labute approximate surface area is 83.6 Å². The van der Waals surface area contributed by atoms with Gasteiger partial charge in [-0.15, -0.1) is 0 Å². The Bertz CT molecular complexity index is 302. The van der Waals surface area contributed by atoms with E-state index < -0.39 is 0 Å². The van der Waals surface area contributed by atoms with E-state index in [-0.39, 0.29) is 11.2 Å². The van der Waals surface area contributed by atoms with Gasteiger partial charge < -0.3 is 9.84 Å². The van der Waals surface area contributed by atoms with Crippen LogP contribution in [0.4, 0.5) is 0 Å². The molecule has 1 N–H and O–H groups in total. The van der Waals surface area contributed by atoms with Crippen LogP contribution in [0.15, 0.2) is 0 Å². The molecule has 0 aliphatic heterocycles. The molecule has 0 amide bonds. The highest BCUT2D eigenvalue weighted by atomic mass is 16.5. The fourth-order valence-electron chi connectivity index (χ4n) is 5.72. The van der Waals surface area contributed by atoms with E-state index >= 15 is 0 Å². The van der Waals surface area contributed by atoms with E-state index in [9.17, 15) is 5.11 Å². The van der Waals surface area contributed by atoms with Crippen molar-refractivity contribution in [3.8, 4) is 0 Å². The van der Waals surface area contributed by atoms with Crippen molar-refractivity contribution in [2.75, 3.05) is 7.11 Å². The van der Waals surface area contributed by atoms with Gasteiger partial charge in [-0.3, -0.25) is 0 Å². The molecule has 0 aromatic heterocycles. The molecule has 6 aliphatic carbocycles. The Hall–Kier alpha value is -0.0800. The standard InChI is InChI=1S/C12H16O2/c1-14-12-8-2-5(8)11(13,6-3-9(6)12)7-4-10(7)12/h5-10,13H,2-4H2,1H3. The summed E-state index contributed by atoms with van der Waals surface area (Å²) in [4.78, 5) is 0. The summed E-state index contributed by atoms with van der Waals surface area (Å²) in [5.41, 5.74) is 0.0186. The lowest BCUT2D eigenvalue weighted by Crippen LogP contribution is -2.57. The van der Waals surface area contributed by atoms with Crippen LogP contribution >= 0.6 is 0 Å². The van der Waals surface area contributed by atoms with Gasteiger partial charge in [-0.25, -0.2) is 0 Å². The summed E-state index contributed by atoms with van der Waals surface area (Å²) in [6.07, 6.45) is 3.76. The Kier molecular flexibility index (Phi) is 0.825. The molecule has 0 heterocycles. The molecular formula is C12H16O2.